The molecule has 0 amide bonds. The Bertz CT molecular complexity index is 1050. The van der Waals surface area contributed by atoms with E-state index in [1.165, 1.54) is 46.0 Å². The predicted octanol–water partition coefficient (Wildman–Crippen LogP) is 9.26. The smallest absolute Gasteiger partial charge is 0.0845 e. The van der Waals surface area contributed by atoms with Gasteiger partial charge in [-0.15, -0.1) is 22.7 Å². The molecule has 1 nitrogen and oxygen atoms in total. The molecule has 0 bridgehead atoms. The number of nitrogens with zero attached hydrogens (tertiary/aromatic N) is 1. The van der Waals surface area contributed by atoms with Crippen LogP contribution in [0.25, 0.3) is 0 Å². The normalized spacial score (nSPS) is 19.8. The summed E-state index contributed by atoms with van der Waals surface area (Å²) in [6.45, 7) is 8.79. The summed E-state index contributed by atoms with van der Waals surface area (Å²) in [5.74, 6) is 0. The second kappa shape index (κ2) is 11.2. The summed E-state index contributed by atoms with van der Waals surface area (Å²) in [4.78, 5) is 0. The van der Waals surface area contributed by atoms with Crippen LogP contribution in [-0.4, -0.2) is 11.0 Å². The van der Waals surface area contributed by atoms with Gasteiger partial charge in [-0.1, -0.05) is 86.1 Å². The number of benzene rings is 2. The van der Waals surface area contributed by atoms with E-state index in [0.29, 0.717) is 11.3 Å². The largest absolute Gasteiger partial charge is 0.178 e. The monoisotopic (exact) mass is 521 g/mol. The summed E-state index contributed by atoms with van der Waals surface area (Å²) in [7, 11) is -2.43. The van der Waals surface area contributed by atoms with E-state index in [0.717, 1.165) is 6.54 Å². The Morgan fingerprint density at radius 2 is 1.29 bits per heavy atom. The van der Waals surface area contributed by atoms with Crippen molar-refractivity contribution >= 4 is 47.4 Å². The van der Waals surface area contributed by atoms with Crippen LogP contribution < -0.4 is 9.24 Å². The Morgan fingerprint density at radius 1 is 0.794 bits per heavy atom. The molecule has 0 N–H and O–H groups in total. The molecule has 0 radical (unpaired) electrons. The van der Waals surface area contributed by atoms with E-state index >= 15 is 0 Å². The molecular formula is C29H33NP2S2. The molecule has 1 aliphatic heterocycles. The fraction of sp³-hybridized carbons (Fsp3) is 0.276. The van der Waals surface area contributed by atoms with E-state index in [4.69, 9.17) is 6.66 Å². The van der Waals surface area contributed by atoms with E-state index < -0.39 is 15.5 Å². The van der Waals surface area contributed by atoms with Crippen LogP contribution in [0.3, 0.4) is 0 Å². The van der Waals surface area contributed by atoms with Gasteiger partial charge in [-0.3, -0.25) is 0 Å². The van der Waals surface area contributed by atoms with Crippen molar-refractivity contribution in [1.29, 1.82) is 0 Å². The van der Waals surface area contributed by atoms with Crippen molar-refractivity contribution in [3.8, 4) is 0 Å². The highest BCUT2D eigenvalue weighted by molar-refractivity contribution is 7.91. The molecule has 1 aliphatic rings. The molecule has 34 heavy (non-hydrogen) atoms. The van der Waals surface area contributed by atoms with Crippen molar-refractivity contribution in [3.05, 3.63) is 113 Å². The van der Waals surface area contributed by atoms with E-state index in [1.54, 1.807) is 0 Å². The molecule has 4 aromatic rings. The molecule has 0 aliphatic carbocycles. The van der Waals surface area contributed by atoms with E-state index in [9.17, 15) is 0 Å². The SMILES string of the molecule is [CH2-][P+]1(N(CCCC)P(c2cccs2)c2cccs2)[C@@H](c2ccccc2)CC[C@@H]1c1ccccc1. The van der Waals surface area contributed by atoms with Gasteiger partial charge in [0.25, 0.3) is 0 Å². The fourth-order valence-electron chi connectivity index (χ4n) is 5.37. The molecule has 2 atom stereocenters. The summed E-state index contributed by atoms with van der Waals surface area (Å²) in [5.41, 5.74) is 4.00. The quantitative estimate of drug-likeness (QED) is 0.157. The standard InChI is InChI=1S/C29H33NP2S2/c1-3-4-21-30(31(28-17-11-22-33-28)29-18-12-23-34-29)32(2)26(24-13-7-5-8-14-24)19-20-27(32)25-15-9-6-10-16-25/h5-18,22-23,26-27H,2-4,19-21H2,1H3/t26-,27-/m1/s1. The molecule has 5 rings (SSSR count). The highest BCUT2D eigenvalue weighted by atomic mass is 32.1. The molecule has 5 heteroatoms. The van der Waals surface area contributed by atoms with Gasteiger partial charge in [0.1, 0.15) is 0 Å². The molecule has 2 aromatic heterocycles. The zero-order chi connectivity index (χ0) is 23.4. The van der Waals surface area contributed by atoms with Crippen LogP contribution in [0.15, 0.2) is 95.7 Å². The Balaban J connectivity index is 1.69. The molecule has 176 valence electrons. The van der Waals surface area contributed by atoms with E-state index in [1.807, 2.05) is 22.7 Å². The van der Waals surface area contributed by atoms with Gasteiger partial charge in [0.15, 0.2) is 0 Å². The van der Waals surface area contributed by atoms with E-state index in [-0.39, 0.29) is 0 Å². The number of unbranched alkanes of at least 4 members (excludes halogenated alkanes) is 1. The lowest BCUT2D eigenvalue weighted by molar-refractivity contribution is 0.625. The zero-order valence-corrected chi connectivity index (χ0v) is 23.2. The summed E-state index contributed by atoms with van der Waals surface area (Å²) < 4.78 is 6.01. The van der Waals surface area contributed by atoms with Gasteiger partial charge in [-0.05, 0) is 60.7 Å². The third-order valence-corrected chi connectivity index (χ3v) is 17.6. The maximum atomic E-state index is 5.34. The number of thiophene rings is 2. The third kappa shape index (κ3) is 4.71. The first-order valence-electron chi connectivity index (χ1n) is 12.2. The second-order valence-electron chi connectivity index (χ2n) is 8.98. The van der Waals surface area contributed by atoms with Crippen molar-refractivity contribution in [1.82, 2.24) is 4.44 Å². The average molecular weight is 522 g/mol. The average Bonchev–Trinajstić information content (AvgIpc) is 3.65. The summed E-state index contributed by atoms with van der Waals surface area (Å²) >= 11 is 3.85. The number of hydrogen-bond acceptors (Lipinski definition) is 3. The minimum Gasteiger partial charge on any atom is -0.178 e. The zero-order valence-electron chi connectivity index (χ0n) is 19.8. The first kappa shape index (κ1) is 24.4. The van der Waals surface area contributed by atoms with Crippen LogP contribution in [0, 0.1) is 6.66 Å². The molecule has 0 unspecified atom stereocenters. The van der Waals surface area contributed by atoms with Gasteiger partial charge < -0.3 is 0 Å². The lowest BCUT2D eigenvalue weighted by atomic mass is 10.0. The van der Waals surface area contributed by atoms with Gasteiger partial charge in [-0.2, -0.15) is 11.1 Å². The molecule has 0 saturated carbocycles. The van der Waals surface area contributed by atoms with Gasteiger partial charge in [-0.25, -0.2) is 0 Å². The van der Waals surface area contributed by atoms with Crippen LogP contribution in [0.1, 0.15) is 55.1 Å². The molecule has 2 aromatic carbocycles. The highest BCUT2D eigenvalue weighted by Gasteiger charge is 2.55. The lowest BCUT2D eigenvalue weighted by Crippen LogP contribution is -2.30. The van der Waals surface area contributed by atoms with Crippen molar-refractivity contribution in [3.63, 3.8) is 0 Å². The molecule has 1 saturated heterocycles. The summed E-state index contributed by atoms with van der Waals surface area (Å²) in [6.07, 6.45) is 4.87. The first-order valence-corrected chi connectivity index (χ1v) is 17.3. The number of hydrogen-bond donors (Lipinski definition) is 0. The molecule has 3 heterocycles. The summed E-state index contributed by atoms with van der Waals surface area (Å²) in [5, 5.41) is 4.50. The van der Waals surface area contributed by atoms with Crippen LogP contribution in [-0.2, 0) is 0 Å². The predicted molar refractivity (Wildman–Crippen MR) is 156 cm³/mol. The Labute approximate surface area is 215 Å². The van der Waals surface area contributed by atoms with Crippen LogP contribution in [0.4, 0.5) is 0 Å². The van der Waals surface area contributed by atoms with Crippen LogP contribution >= 0.6 is 38.2 Å². The van der Waals surface area contributed by atoms with Crippen molar-refractivity contribution < 1.29 is 0 Å². The minimum atomic E-state index is -1.84. The van der Waals surface area contributed by atoms with Gasteiger partial charge in [0.05, 0.1) is 28.6 Å². The number of rotatable bonds is 9. The Hall–Kier alpha value is -1.34. The van der Waals surface area contributed by atoms with Crippen molar-refractivity contribution in [2.45, 2.75) is 43.9 Å². The van der Waals surface area contributed by atoms with Crippen molar-refractivity contribution in [2.75, 3.05) is 6.54 Å². The van der Waals surface area contributed by atoms with Crippen molar-refractivity contribution in [2.24, 2.45) is 0 Å². The van der Waals surface area contributed by atoms with Gasteiger partial charge in [0, 0.05) is 6.54 Å². The fourth-order valence-corrected chi connectivity index (χ4v) is 17.4. The maximum absolute atomic E-state index is 5.34. The first-order chi connectivity index (χ1) is 16.7. The lowest BCUT2D eigenvalue weighted by Gasteiger charge is -2.48. The molecule has 1 fully saturated rings. The van der Waals surface area contributed by atoms with Gasteiger partial charge in [0.2, 0.25) is 0 Å². The topological polar surface area (TPSA) is 3.24 Å². The highest BCUT2D eigenvalue weighted by Crippen LogP contribution is 2.88. The van der Waals surface area contributed by atoms with E-state index in [2.05, 4.69) is 107 Å². The van der Waals surface area contributed by atoms with Gasteiger partial charge >= 0.3 is 0 Å². The third-order valence-electron chi connectivity index (χ3n) is 6.96. The Kier molecular flexibility index (Phi) is 7.99. The molecule has 0 spiro atoms. The van der Waals surface area contributed by atoms with Crippen LogP contribution in [0.2, 0.25) is 0 Å². The molecular weight excluding hydrogens is 488 g/mol. The second-order valence-corrected chi connectivity index (χ2v) is 17.4. The minimum absolute atomic E-state index is 0.515. The maximum Gasteiger partial charge on any atom is 0.0845 e. The summed E-state index contributed by atoms with van der Waals surface area (Å²) in [6, 6.07) is 31.8. The Morgan fingerprint density at radius 3 is 1.71 bits per heavy atom. The van der Waals surface area contributed by atoms with Crippen LogP contribution in [0.5, 0.6) is 0 Å².